The zero-order valence-corrected chi connectivity index (χ0v) is 84.2. The molecule has 740 valence electrons. The number of nitrogens with one attached hydrogen (secondary N) is 7. The highest BCUT2D eigenvalue weighted by molar-refractivity contribution is 7.73. The molecule has 0 spiro atoms. The number of rotatable bonds is 34. The number of hydrogen-bond donors (Lipinski definition) is 16. The number of methoxy groups -OCH3 is 1. The van der Waals surface area contributed by atoms with Crippen LogP contribution in [-0.4, -0.2) is 341 Å². The highest BCUT2D eigenvalue weighted by Gasteiger charge is 2.49. The first-order valence-electron chi connectivity index (χ1n) is 43.6. The molecule has 0 amide bonds. The topological polar surface area (TPSA) is 537 Å². The molecule has 0 unspecified atom stereocenters. The fourth-order valence-corrected chi connectivity index (χ4v) is 19.4. The molecule has 5 aliphatic heterocycles. The highest BCUT2D eigenvalue weighted by atomic mass is 31.2. The molecule has 0 aliphatic carbocycles. The van der Waals surface area contributed by atoms with Gasteiger partial charge in [-0.05, 0) is 178 Å². The molecule has 0 bridgehead atoms. The summed E-state index contributed by atoms with van der Waals surface area (Å²) in [7, 11) is 4.37. The number of aliphatic hydroxyl groups is 9. The van der Waals surface area contributed by atoms with Crippen molar-refractivity contribution in [2.75, 3.05) is 124 Å². The second kappa shape index (κ2) is 49.4. The Morgan fingerprint density at radius 2 is 0.687 bits per heavy atom. The average Bonchev–Trinajstić information content (AvgIpc) is 1.61. The van der Waals surface area contributed by atoms with Crippen LogP contribution in [-0.2, 0) is 68.7 Å². The van der Waals surface area contributed by atoms with Gasteiger partial charge in [0.15, 0.2) is 18.7 Å². The average molecular weight is 1940 g/mol. The summed E-state index contributed by atoms with van der Waals surface area (Å²) in [5, 5.41) is 102. The minimum Gasteiger partial charge on any atom is -0.388 e. The Balaban J connectivity index is 0.000000253. The number of allylic oxidation sites excluding steroid dienone is 3. The number of ether oxygens (including phenoxy) is 6. The molecule has 0 saturated carbocycles. The van der Waals surface area contributed by atoms with E-state index < -0.39 is 213 Å². The summed E-state index contributed by atoms with van der Waals surface area (Å²) < 4.78 is 41.7. The third-order valence-electron chi connectivity index (χ3n) is 22.4. The van der Waals surface area contributed by atoms with E-state index in [0.717, 1.165) is 55.7 Å². The van der Waals surface area contributed by atoms with Crippen LogP contribution in [0, 0.1) is 0 Å². The van der Waals surface area contributed by atoms with Crippen molar-refractivity contribution in [3.8, 4) is 0 Å². The van der Waals surface area contributed by atoms with Gasteiger partial charge in [-0.15, -0.1) is 65.9 Å². The normalized spacial score (nSPS) is 26.1. The maximum atomic E-state index is 12.4. The molecule has 131 heavy (non-hydrogen) atoms. The molecule has 10 rings (SSSR count). The van der Waals surface area contributed by atoms with Crippen LogP contribution in [0.1, 0.15) is 139 Å². The molecule has 10 heterocycles. The molecule has 0 aromatic carbocycles. The predicted molar refractivity (Wildman–Crippen MR) is 530 cm³/mol. The molecule has 16 N–H and O–H groups in total. The lowest BCUT2D eigenvalue weighted by Crippen LogP contribution is -2.40. The molecule has 5 aromatic heterocycles. The summed E-state index contributed by atoms with van der Waals surface area (Å²) in [6.45, 7) is 31.2. The number of aliphatic hydroxyl groups excluding tert-OH is 9. The van der Waals surface area contributed by atoms with Crippen molar-refractivity contribution < 1.29 is 74.4 Å². The van der Waals surface area contributed by atoms with Gasteiger partial charge in [0.2, 0.25) is 0 Å². The largest absolute Gasteiger partial charge is 0.388 e. The molecule has 5 saturated heterocycles. The standard InChI is InChI=1S/C20H34N3O5P.2C19H32N3O5P.2C15H25N2O5P/c1-13(2)7-9-21-11-14-12-23(20(26)22-18(14)25)19-17(27-3)16(24)15(28-19)8-10-29(4,5)6;2*1-12(2)6-8-20-10-13-11-22(19(26)21-17(13)25)18-16(24)15(23)14(27-18)7-9-28(3,4)5;1-16-8-9(14(20)17(2)15(16)21)13-12(19)11(18)10(22-13)6-7-23(3,4)5;1-5-17-8-9(14(20)16-15(17)21)13-12(19)11(18)10(22-13)6-7-23(2,3)4/h7,12,15-17,19,21,24H,4,8-11H2,1-3,5-6H3,(H,22,25,26);2*6,11,14-16,18,20,23-24H,3,7-10H2,1-2,4-5H3,(H,21,25,26);8,10-13,18-19H,3,6-7H2,1-2,4-5H3;8,10-13,18-19H,2,5-7H2,1,3-4H3,(H,16,20,21)/t15-,16-,17-,19-;2*14-,15-,16-,18-;2*10-,11-,12-,13+/m11111/s1. The van der Waals surface area contributed by atoms with Crippen molar-refractivity contribution in [2.24, 2.45) is 14.1 Å². The van der Waals surface area contributed by atoms with Gasteiger partial charge in [0.25, 0.3) is 27.8 Å². The van der Waals surface area contributed by atoms with Crippen molar-refractivity contribution in [1.82, 2.24) is 63.3 Å². The van der Waals surface area contributed by atoms with Gasteiger partial charge in [-0.2, -0.15) is 0 Å². The monoisotopic (exact) mass is 1940 g/mol. The van der Waals surface area contributed by atoms with Gasteiger partial charge in [0.1, 0.15) is 73.2 Å². The van der Waals surface area contributed by atoms with Gasteiger partial charge in [-0.3, -0.25) is 62.2 Å². The number of aromatic nitrogens is 10. The first kappa shape index (κ1) is 113. The van der Waals surface area contributed by atoms with E-state index in [4.69, 9.17) is 28.4 Å². The number of aryl methyl sites for hydroxylation is 2. The summed E-state index contributed by atoms with van der Waals surface area (Å²) >= 11 is 0. The number of nitrogens with zero attached hydrogens (tertiary/aromatic N) is 6. The fourth-order valence-electron chi connectivity index (χ4n) is 14.7. The van der Waals surface area contributed by atoms with Crippen LogP contribution < -0.4 is 72.2 Å². The summed E-state index contributed by atoms with van der Waals surface area (Å²) in [4.78, 5) is 130. The Hall–Kier alpha value is -6.60. The molecule has 38 nitrogen and oxygen atoms in total. The Morgan fingerprint density at radius 3 is 1.00 bits per heavy atom. The summed E-state index contributed by atoms with van der Waals surface area (Å²) in [5.74, 6) is 0. The van der Waals surface area contributed by atoms with Crippen LogP contribution in [0.5, 0.6) is 0 Å². The van der Waals surface area contributed by atoms with Gasteiger partial charge < -0.3 is 99.5 Å². The molecule has 43 heteroatoms. The fraction of sp³-hybridized carbons (Fsp3) is 0.648. The van der Waals surface area contributed by atoms with Crippen molar-refractivity contribution in [3.05, 3.63) is 198 Å². The molecular formula is C88H148N13O25P5. The van der Waals surface area contributed by atoms with E-state index in [0.29, 0.717) is 81.5 Å². The lowest BCUT2D eigenvalue weighted by atomic mass is 10.0. The second-order valence-corrected chi connectivity index (χ2v) is 60.0. The van der Waals surface area contributed by atoms with Crippen molar-refractivity contribution in [1.29, 1.82) is 0 Å². The molecule has 0 radical (unpaired) electrons. The smallest absolute Gasteiger partial charge is 0.330 e. The zero-order chi connectivity index (χ0) is 98.8. The van der Waals surface area contributed by atoms with Gasteiger partial charge in [0, 0.05) is 115 Å². The minimum absolute atomic E-state index is 0.157. The summed E-state index contributed by atoms with van der Waals surface area (Å²) in [6.07, 6.45) is 22.4. The van der Waals surface area contributed by atoms with Crippen molar-refractivity contribution >= 4 is 65.9 Å². The van der Waals surface area contributed by atoms with E-state index in [9.17, 15) is 93.9 Å². The first-order valence-corrected chi connectivity index (χ1v) is 58.9. The van der Waals surface area contributed by atoms with Crippen molar-refractivity contribution in [2.45, 2.75) is 229 Å². The molecule has 5 aromatic rings. The summed E-state index contributed by atoms with van der Waals surface area (Å²) in [5.41, 5.74) is -0.520. The maximum absolute atomic E-state index is 12.4. The summed E-state index contributed by atoms with van der Waals surface area (Å²) in [6, 6.07) is 0. The molecule has 5 aliphatic rings. The lowest BCUT2D eigenvalue weighted by Gasteiger charge is -2.21. The number of aromatic amines is 4. The van der Waals surface area contributed by atoms with Gasteiger partial charge in [-0.25, -0.2) is 24.0 Å². The Bertz CT molecular complexity index is 5520. The van der Waals surface area contributed by atoms with E-state index in [-0.39, 0.29) is 24.2 Å². The number of hydrogen-bond acceptors (Lipinski definition) is 28. The van der Waals surface area contributed by atoms with Crippen LogP contribution >= 0.6 is 34.4 Å². The molecular weight excluding hydrogens is 1790 g/mol. The number of H-pyrrole nitrogens is 4. The van der Waals surface area contributed by atoms with E-state index in [1.54, 1.807) is 6.92 Å². The van der Waals surface area contributed by atoms with Crippen LogP contribution in [0.15, 0.2) is 114 Å². The van der Waals surface area contributed by atoms with Crippen LogP contribution in [0.3, 0.4) is 0 Å². The van der Waals surface area contributed by atoms with E-state index in [1.807, 2.05) is 59.8 Å². The third kappa shape index (κ3) is 33.7. The third-order valence-corrected chi connectivity index (χ3v) is 29.7. The van der Waals surface area contributed by atoms with Crippen LogP contribution in [0.4, 0.5) is 0 Å². The minimum atomic E-state index is -1.30. The zero-order valence-electron chi connectivity index (χ0n) is 79.7. The van der Waals surface area contributed by atoms with E-state index in [2.05, 4.69) is 134 Å². The first-order chi connectivity index (χ1) is 60.7. The van der Waals surface area contributed by atoms with Gasteiger partial charge in [-0.1, -0.05) is 34.9 Å². The Kier molecular flexibility index (Phi) is 42.7. The van der Waals surface area contributed by atoms with Gasteiger partial charge in [0.05, 0.1) is 41.6 Å². The van der Waals surface area contributed by atoms with Gasteiger partial charge >= 0.3 is 28.4 Å². The Labute approximate surface area is 765 Å². The SMILES string of the molecule is C=P(C)(C)CC[C@H]1O[C@@H](c2cn(C)c(=O)n(C)c2=O)[C@H](O)[C@@H]1O.C=P(C)(C)CC[C@H]1O[C@@H](c2cn(CC)c(=O)[nH]c2=O)[C@H](O)[C@@H]1O.C=P(C)(C)CC[C@H]1O[C@@H](n2cc(CNCC=C(C)C)c(=O)[nH]c2=O)[C@H](O)[C@@H]1O.C=P(C)(C)CC[C@H]1O[C@@H](n2cc(CNCC=C(C)C)c(=O)[nH]c2=O)[C@H](O)[C@@H]1O.C=P(C)(C)CC[C@H]1O[C@@H](n2cc(CNCC=C(C)C)c(=O)[nH]c2=O)[C@H](OC)[C@@H]1O. The lowest BCUT2D eigenvalue weighted by molar-refractivity contribution is -0.0542. The second-order valence-electron chi connectivity index (χ2n) is 38.4. The molecule has 20 atom stereocenters. The Morgan fingerprint density at radius 1 is 0.397 bits per heavy atom. The predicted octanol–water partition coefficient (Wildman–Crippen LogP) is 0.749. The maximum Gasteiger partial charge on any atom is 0.330 e. The van der Waals surface area contributed by atoms with E-state index >= 15 is 0 Å². The quantitative estimate of drug-likeness (QED) is 0.0153. The van der Waals surface area contributed by atoms with Crippen LogP contribution in [0.2, 0.25) is 0 Å². The van der Waals surface area contributed by atoms with E-state index in [1.165, 1.54) is 71.5 Å². The molecule has 5 fully saturated rings. The van der Waals surface area contributed by atoms with Crippen molar-refractivity contribution in [3.63, 3.8) is 0 Å². The van der Waals surface area contributed by atoms with Crippen LogP contribution in [0.25, 0.3) is 0 Å². The highest BCUT2D eigenvalue weighted by Crippen LogP contribution is 2.45.